The summed E-state index contributed by atoms with van der Waals surface area (Å²) < 4.78 is 25.0. The number of benzene rings is 12. The van der Waals surface area contributed by atoms with E-state index in [0.717, 1.165) is 103 Å². The van der Waals surface area contributed by atoms with Crippen molar-refractivity contribution in [2.24, 2.45) is 0 Å². The van der Waals surface area contributed by atoms with E-state index < -0.39 is 0 Å². The first-order chi connectivity index (χ1) is 53.6. The highest BCUT2D eigenvalue weighted by atomic mass is 35.5. The molecular formula is C97H84BClN8O4. The molecule has 111 heavy (non-hydrogen) atoms. The number of anilines is 8. The van der Waals surface area contributed by atoms with Gasteiger partial charge < -0.3 is 37.9 Å². The minimum atomic E-state index is -0.178. The second-order valence-corrected chi connectivity index (χ2v) is 30.4. The van der Waals surface area contributed by atoms with Crippen LogP contribution in [0.25, 0.3) is 45.1 Å². The van der Waals surface area contributed by atoms with Crippen molar-refractivity contribution in [1.29, 1.82) is 0 Å². The third-order valence-corrected chi connectivity index (χ3v) is 20.8. The van der Waals surface area contributed by atoms with Gasteiger partial charge in [-0.2, -0.15) is 0 Å². The zero-order valence-electron chi connectivity index (χ0n) is 62.2. The molecule has 0 radical (unpaired) electrons. The van der Waals surface area contributed by atoms with Crippen LogP contribution in [0.4, 0.5) is 45.5 Å². The van der Waals surface area contributed by atoms with Crippen molar-refractivity contribution in [3.8, 4) is 46.2 Å². The molecule has 6 heterocycles. The Morgan fingerprint density at radius 2 is 0.784 bits per heavy atom. The van der Waals surface area contributed by atoms with Gasteiger partial charge in [-0.25, -0.2) is 19.9 Å². The molecule has 0 saturated carbocycles. The highest BCUT2D eigenvalue weighted by Crippen LogP contribution is 2.48. The van der Waals surface area contributed by atoms with Gasteiger partial charge in [-0.15, -0.1) is 0 Å². The quantitative estimate of drug-likeness (QED) is 0.0763. The summed E-state index contributed by atoms with van der Waals surface area (Å²) in [6, 6.07) is 109. The summed E-state index contributed by atoms with van der Waals surface area (Å²) in [5.74, 6) is 3.76. The number of oxazole rings is 2. The van der Waals surface area contributed by atoms with Crippen molar-refractivity contribution in [1.82, 2.24) is 19.9 Å². The smallest absolute Gasteiger partial charge is 0.252 e. The monoisotopic (exact) mass is 1470 g/mol. The fourth-order valence-electron chi connectivity index (χ4n) is 14.8. The number of ether oxygens (including phenoxy) is 2. The minimum absolute atomic E-state index is 0. The highest BCUT2D eigenvalue weighted by molar-refractivity contribution is 7.00. The summed E-state index contributed by atoms with van der Waals surface area (Å²) in [5.41, 5.74) is 24.3. The number of hydrogen-bond donors (Lipinski definition) is 0. The van der Waals surface area contributed by atoms with Gasteiger partial charge >= 0.3 is 0 Å². The van der Waals surface area contributed by atoms with Crippen LogP contribution in [-0.2, 0) is 37.0 Å². The van der Waals surface area contributed by atoms with Gasteiger partial charge in [-0.1, -0.05) is 224 Å². The Labute approximate surface area is 654 Å². The molecule has 0 aliphatic carbocycles. The van der Waals surface area contributed by atoms with Crippen molar-refractivity contribution in [3.63, 3.8) is 0 Å². The minimum Gasteiger partial charge on any atom is -0.439 e. The highest BCUT2D eigenvalue weighted by Gasteiger charge is 2.44. The van der Waals surface area contributed by atoms with Crippen molar-refractivity contribution in [2.75, 3.05) is 19.6 Å². The van der Waals surface area contributed by atoms with E-state index in [1.54, 1.807) is 12.4 Å². The Balaban J connectivity index is 0.000000167. The van der Waals surface area contributed by atoms with E-state index in [9.17, 15) is 0 Å². The van der Waals surface area contributed by atoms with Crippen molar-refractivity contribution in [3.05, 3.63) is 366 Å². The molecular weight excluding hydrogens is 1390 g/mol. The van der Waals surface area contributed by atoms with E-state index in [0.29, 0.717) is 47.4 Å². The first-order valence-corrected chi connectivity index (χ1v) is 37.7. The zero-order chi connectivity index (χ0) is 74.9. The summed E-state index contributed by atoms with van der Waals surface area (Å²) in [5, 5.41) is 0.650. The molecule has 18 rings (SSSR count). The molecule has 0 atom stereocenters. The van der Waals surface area contributed by atoms with Gasteiger partial charge in [0.05, 0.1) is 16.4 Å². The topological polar surface area (TPSA) is 109 Å². The van der Waals surface area contributed by atoms with Gasteiger partial charge in [0.2, 0.25) is 23.5 Å². The van der Waals surface area contributed by atoms with E-state index in [4.69, 9.17) is 39.9 Å². The van der Waals surface area contributed by atoms with Gasteiger partial charge in [0.1, 0.15) is 22.5 Å². The second-order valence-electron chi connectivity index (χ2n) is 30.0. The number of aromatic nitrogens is 4. The molecule has 0 N–H and O–H groups in total. The van der Waals surface area contributed by atoms with E-state index in [2.05, 4.69) is 277 Å². The van der Waals surface area contributed by atoms with Gasteiger partial charge in [0, 0.05) is 96.0 Å². The first kappa shape index (κ1) is 72.2. The fraction of sp³-hybridized carbons (Fsp3) is 0.134. The van der Waals surface area contributed by atoms with Gasteiger partial charge in [-0.05, 0) is 200 Å². The molecule has 16 aromatic rings. The summed E-state index contributed by atoms with van der Waals surface area (Å²) in [6.45, 7) is 16.2. The number of nitrogens with zero attached hydrogens (tertiary/aromatic N) is 8. The molecule has 0 saturated heterocycles. The van der Waals surface area contributed by atoms with Crippen LogP contribution in [0.3, 0.4) is 0 Å². The van der Waals surface area contributed by atoms with Crippen LogP contribution in [-0.4, -0.2) is 26.6 Å². The average molecular weight is 1470 g/mol. The number of rotatable bonds is 18. The van der Waals surface area contributed by atoms with Crippen molar-refractivity contribution >= 4 is 102 Å². The Morgan fingerprint density at radius 3 is 1.25 bits per heavy atom. The predicted molar refractivity (Wildman–Crippen MR) is 456 cm³/mol. The lowest BCUT2D eigenvalue weighted by Crippen LogP contribution is -2.62. The molecule has 4 aromatic heterocycles. The SMILES string of the molecule is C.CC(C)(C)c1cc(N(Cc2ccccc2)c2ccc(Oc3ccccn3)cc2)c(Cl)c(N(Cc2ccccc2)c2ccc(-c3nc4ccccc4o3)cc2)c1.CC(C)(C)c1cc2c3c(c1)N(Cc1ccccc1)c1ccc(-c4nc5ccccc5o4)cc1B3c1cc(Oc3ccccn3)ccc1N2Cc1ccccc1. The fourth-order valence-corrected chi connectivity index (χ4v) is 15.1. The maximum atomic E-state index is 7.72. The molecule has 0 spiro atoms. The molecule has 0 amide bonds. The molecule has 12 aromatic carbocycles. The van der Waals surface area contributed by atoms with E-state index in [1.165, 1.54) is 44.5 Å². The lowest BCUT2D eigenvalue weighted by atomic mass is 9.33. The van der Waals surface area contributed by atoms with Crippen molar-refractivity contribution in [2.45, 2.75) is 86.0 Å². The van der Waals surface area contributed by atoms with Crippen LogP contribution in [0.15, 0.2) is 337 Å². The average Bonchev–Trinajstić information content (AvgIpc) is 1.59. The Hall–Kier alpha value is -13.0. The van der Waals surface area contributed by atoms with Crippen LogP contribution < -0.4 is 45.5 Å². The molecule has 0 fully saturated rings. The van der Waals surface area contributed by atoms with Gasteiger partial charge in [-0.3, -0.25) is 0 Å². The third kappa shape index (κ3) is 15.3. The van der Waals surface area contributed by atoms with Crippen LogP contribution in [0, 0.1) is 0 Å². The molecule has 546 valence electrons. The molecule has 14 heteroatoms. The van der Waals surface area contributed by atoms with Crippen molar-refractivity contribution < 1.29 is 18.3 Å². The van der Waals surface area contributed by atoms with Crippen LogP contribution in [0.5, 0.6) is 23.3 Å². The van der Waals surface area contributed by atoms with E-state index >= 15 is 0 Å². The third-order valence-electron chi connectivity index (χ3n) is 20.4. The Morgan fingerprint density at radius 1 is 0.387 bits per heavy atom. The molecule has 0 unspecified atom stereocenters. The van der Waals surface area contributed by atoms with Crippen LogP contribution >= 0.6 is 11.6 Å². The number of para-hydroxylation sites is 4. The summed E-state index contributed by atoms with van der Waals surface area (Å²) in [7, 11) is 0. The standard InChI is InChI=1S/C48H39BN4O2.C48H41ClN4O2.CH4/c1-48(2,3)35-27-42-46-43(28-35)53(31-33-16-8-5-9-17-33)41-24-22-36(54-45-20-12-13-25-50-45)29-38(41)49(46)37-26-34(47-51-39-18-10-11-19-44(39)55-47)21-23-40(37)52(42)30-32-14-6-4-7-15-32;1-48(2,3)37-30-42(52(32-34-14-6-4-7-15-34)38-23-21-36(22-24-38)47-51-41-18-10-11-19-44(41)55-47)46(49)43(31-37)53(33-35-16-8-5-9-17-35)39-25-27-40(28-26-39)54-45-20-12-13-29-50-45;/h4-29H,30-31H2,1-3H3;4-31H,32-33H2,1-3H3;1H4. The molecule has 12 nitrogen and oxygen atoms in total. The molecule has 2 aliphatic rings. The summed E-state index contributed by atoms with van der Waals surface area (Å²) in [4.78, 5) is 28.1. The first-order valence-electron chi connectivity index (χ1n) is 37.3. The number of hydrogen-bond acceptors (Lipinski definition) is 12. The largest absolute Gasteiger partial charge is 0.439 e. The Bertz CT molecular complexity index is 5830. The maximum Gasteiger partial charge on any atom is 0.252 e. The lowest BCUT2D eigenvalue weighted by molar-refractivity contribution is 0.463. The van der Waals surface area contributed by atoms with Crippen LogP contribution in [0.1, 0.15) is 82.3 Å². The maximum absolute atomic E-state index is 7.72. The van der Waals surface area contributed by atoms with E-state index in [-0.39, 0.29) is 25.0 Å². The number of pyridine rings is 2. The number of fused-ring (bicyclic) bond motifs is 6. The second kappa shape index (κ2) is 31.0. The molecule has 0 bridgehead atoms. The Kier molecular flexibility index (Phi) is 20.1. The lowest BCUT2D eigenvalue weighted by Gasteiger charge is -2.45. The number of halogens is 1. The summed E-state index contributed by atoms with van der Waals surface area (Å²) in [6.07, 6.45) is 3.48. The van der Waals surface area contributed by atoms with Gasteiger partial charge in [0.15, 0.2) is 11.2 Å². The predicted octanol–water partition coefficient (Wildman–Crippen LogP) is 23.7. The summed E-state index contributed by atoms with van der Waals surface area (Å²) >= 11 is 7.72. The van der Waals surface area contributed by atoms with E-state index in [1.807, 2.05) is 109 Å². The van der Waals surface area contributed by atoms with Gasteiger partial charge in [0.25, 0.3) is 6.71 Å². The zero-order valence-corrected chi connectivity index (χ0v) is 62.9. The molecule has 2 aliphatic heterocycles. The normalized spacial score (nSPS) is 12.1. The van der Waals surface area contributed by atoms with Crippen LogP contribution in [0.2, 0.25) is 5.02 Å².